The van der Waals surface area contributed by atoms with Crippen LogP contribution in [0.4, 0.5) is 0 Å². The summed E-state index contributed by atoms with van der Waals surface area (Å²) in [5, 5.41) is 20.5. The van der Waals surface area contributed by atoms with Crippen LogP contribution < -0.4 is 5.56 Å². The van der Waals surface area contributed by atoms with Gasteiger partial charge in [0.2, 0.25) is 0 Å². The highest BCUT2D eigenvalue weighted by molar-refractivity contribution is 6.25. The summed E-state index contributed by atoms with van der Waals surface area (Å²) < 4.78 is 0. The molecule has 0 spiro atoms. The molecule has 0 radical (unpaired) electrons. The number of aromatic nitrogens is 2. The molecule has 0 atom stereocenters. The van der Waals surface area contributed by atoms with Crippen molar-refractivity contribution in [2.45, 2.75) is 0 Å². The zero-order chi connectivity index (χ0) is 14.4. The second kappa shape index (κ2) is 4.15. The Bertz CT molecular complexity index is 1080. The summed E-state index contributed by atoms with van der Waals surface area (Å²) in [6.07, 6.45) is 0. The SMILES string of the molecule is N#Cc1c(=O)[nH]nc2c3ccccc3c3ccccc3c12. The van der Waals surface area contributed by atoms with Crippen molar-refractivity contribution in [3.63, 3.8) is 0 Å². The van der Waals surface area contributed by atoms with E-state index in [1.54, 1.807) is 0 Å². The molecule has 0 aliphatic rings. The van der Waals surface area contributed by atoms with Crippen molar-refractivity contribution in [1.82, 2.24) is 10.2 Å². The maximum Gasteiger partial charge on any atom is 0.282 e. The minimum Gasteiger partial charge on any atom is -0.266 e. The van der Waals surface area contributed by atoms with Gasteiger partial charge in [-0.1, -0.05) is 48.5 Å². The Balaban J connectivity index is 2.50. The van der Waals surface area contributed by atoms with Gasteiger partial charge in [0.15, 0.2) is 0 Å². The van der Waals surface area contributed by atoms with Crippen LogP contribution in [0.2, 0.25) is 0 Å². The molecule has 4 heteroatoms. The Labute approximate surface area is 119 Å². The van der Waals surface area contributed by atoms with Gasteiger partial charge in [-0.2, -0.15) is 10.4 Å². The maximum atomic E-state index is 11.9. The molecule has 3 aromatic carbocycles. The van der Waals surface area contributed by atoms with E-state index in [1.165, 1.54) is 0 Å². The Kier molecular flexibility index (Phi) is 2.30. The van der Waals surface area contributed by atoms with E-state index >= 15 is 0 Å². The van der Waals surface area contributed by atoms with E-state index in [9.17, 15) is 10.1 Å². The van der Waals surface area contributed by atoms with Gasteiger partial charge in [0, 0.05) is 10.8 Å². The van der Waals surface area contributed by atoms with Crippen molar-refractivity contribution in [2.24, 2.45) is 0 Å². The van der Waals surface area contributed by atoms with Crippen LogP contribution in [-0.4, -0.2) is 10.2 Å². The molecule has 4 nitrogen and oxygen atoms in total. The lowest BCUT2D eigenvalue weighted by molar-refractivity contribution is 1.03. The smallest absolute Gasteiger partial charge is 0.266 e. The van der Waals surface area contributed by atoms with Crippen LogP contribution in [0, 0.1) is 11.3 Å². The van der Waals surface area contributed by atoms with E-state index in [4.69, 9.17) is 0 Å². The first-order chi connectivity index (χ1) is 10.3. The standard InChI is InChI=1S/C17H9N3O/c18-9-14-15-12-7-3-1-5-10(12)11-6-2-4-8-13(11)16(15)19-20-17(14)21/h1-8H,(H,20,21). The zero-order valence-corrected chi connectivity index (χ0v) is 10.9. The van der Waals surface area contributed by atoms with Gasteiger partial charge < -0.3 is 0 Å². The fraction of sp³-hybridized carbons (Fsp3) is 0. The van der Waals surface area contributed by atoms with Gasteiger partial charge in [0.05, 0.1) is 0 Å². The summed E-state index contributed by atoms with van der Waals surface area (Å²) >= 11 is 0. The monoisotopic (exact) mass is 271 g/mol. The van der Waals surface area contributed by atoms with E-state index in [0.29, 0.717) is 10.9 Å². The molecule has 1 heterocycles. The van der Waals surface area contributed by atoms with Gasteiger partial charge >= 0.3 is 0 Å². The minimum absolute atomic E-state index is 0.113. The lowest BCUT2D eigenvalue weighted by Gasteiger charge is -2.09. The largest absolute Gasteiger partial charge is 0.282 e. The highest BCUT2D eigenvalue weighted by atomic mass is 16.1. The molecule has 0 saturated carbocycles. The van der Waals surface area contributed by atoms with E-state index in [1.807, 2.05) is 54.6 Å². The Morgan fingerprint density at radius 1 is 0.905 bits per heavy atom. The molecule has 0 bridgehead atoms. The molecule has 1 aromatic heterocycles. The number of nitrogens with zero attached hydrogens (tertiary/aromatic N) is 2. The molecule has 4 aromatic rings. The number of nitrogens with one attached hydrogen (secondary N) is 1. The van der Waals surface area contributed by atoms with Crippen LogP contribution in [0.15, 0.2) is 53.3 Å². The van der Waals surface area contributed by atoms with Crippen LogP contribution in [0.1, 0.15) is 5.56 Å². The molecule has 0 saturated heterocycles. The summed E-state index contributed by atoms with van der Waals surface area (Å²) in [6, 6.07) is 17.7. The van der Waals surface area contributed by atoms with E-state index in [0.717, 1.165) is 21.5 Å². The number of aromatic amines is 1. The number of benzene rings is 3. The number of hydrogen-bond acceptors (Lipinski definition) is 3. The van der Waals surface area contributed by atoms with Gasteiger partial charge in [0.25, 0.3) is 5.56 Å². The highest BCUT2D eigenvalue weighted by Crippen LogP contribution is 2.33. The molecular weight excluding hydrogens is 262 g/mol. The van der Waals surface area contributed by atoms with Crippen molar-refractivity contribution >= 4 is 32.4 Å². The minimum atomic E-state index is -0.453. The van der Waals surface area contributed by atoms with Crippen molar-refractivity contribution < 1.29 is 0 Å². The first-order valence-corrected chi connectivity index (χ1v) is 6.53. The normalized spacial score (nSPS) is 11.0. The van der Waals surface area contributed by atoms with Crippen LogP contribution in [-0.2, 0) is 0 Å². The summed E-state index contributed by atoms with van der Waals surface area (Å²) in [5.41, 5.74) is 0.313. The fourth-order valence-electron chi connectivity index (χ4n) is 2.87. The summed E-state index contributed by atoms with van der Waals surface area (Å²) in [7, 11) is 0. The Hall–Kier alpha value is -3.19. The third-order valence-electron chi connectivity index (χ3n) is 3.76. The van der Waals surface area contributed by atoms with Crippen molar-refractivity contribution in [3.8, 4) is 6.07 Å². The third kappa shape index (κ3) is 1.49. The summed E-state index contributed by atoms with van der Waals surface area (Å²) in [5.74, 6) is 0. The van der Waals surface area contributed by atoms with Crippen LogP contribution in [0.5, 0.6) is 0 Å². The molecule has 21 heavy (non-hydrogen) atoms. The molecule has 1 N–H and O–H groups in total. The number of H-pyrrole nitrogens is 1. The van der Waals surface area contributed by atoms with Gasteiger partial charge in [-0.15, -0.1) is 0 Å². The molecule has 0 aliphatic carbocycles. The molecule has 0 unspecified atom stereocenters. The molecule has 0 fully saturated rings. The number of hydrogen-bond donors (Lipinski definition) is 1. The van der Waals surface area contributed by atoms with Crippen LogP contribution in [0.3, 0.4) is 0 Å². The predicted molar refractivity (Wildman–Crippen MR) is 82.1 cm³/mol. The predicted octanol–water partition coefficient (Wildman–Crippen LogP) is 3.10. The van der Waals surface area contributed by atoms with Gasteiger partial charge in [0.1, 0.15) is 17.1 Å². The Morgan fingerprint density at radius 2 is 1.48 bits per heavy atom. The lowest BCUT2D eigenvalue weighted by atomic mass is 9.95. The van der Waals surface area contributed by atoms with Crippen molar-refractivity contribution in [3.05, 3.63) is 64.4 Å². The number of nitriles is 1. The molecule has 4 rings (SSSR count). The van der Waals surface area contributed by atoms with Gasteiger partial charge in [-0.25, -0.2) is 5.10 Å². The van der Waals surface area contributed by atoms with Gasteiger partial charge in [-0.3, -0.25) is 4.79 Å². The summed E-state index contributed by atoms with van der Waals surface area (Å²) in [6.45, 7) is 0. The lowest BCUT2D eigenvalue weighted by Crippen LogP contribution is -2.12. The third-order valence-corrected chi connectivity index (χ3v) is 3.76. The fourth-order valence-corrected chi connectivity index (χ4v) is 2.87. The quantitative estimate of drug-likeness (QED) is 0.499. The second-order valence-corrected chi connectivity index (χ2v) is 4.85. The zero-order valence-electron chi connectivity index (χ0n) is 10.9. The number of fused-ring (bicyclic) bond motifs is 6. The van der Waals surface area contributed by atoms with E-state index < -0.39 is 5.56 Å². The van der Waals surface area contributed by atoms with Gasteiger partial charge in [-0.05, 0) is 16.2 Å². The molecule has 0 aliphatic heterocycles. The van der Waals surface area contributed by atoms with E-state index in [-0.39, 0.29) is 5.56 Å². The Morgan fingerprint density at radius 3 is 2.14 bits per heavy atom. The second-order valence-electron chi connectivity index (χ2n) is 4.85. The first-order valence-electron chi connectivity index (χ1n) is 6.53. The van der Waals surface area contributed by atoms with E-state index in [2.05, 4.69) is 10.2 Å². The maximum absolute atomic E-state index is 11.9. The molecule has 98 valence electrons. The van der Waals surface area contributed by atoms with Crippen LogP contribution >= 0.6 is 0 Å². The topological polar surface area (TPSA) is 69.5 Å². The average molecular weight is 271 g/mol. The van der Waals surface area contributed by atoms with Crippen LogP contribution in [0.25, 0.3) is 32.4 Å². The molecule has 0 amide bonds. The highest BCUT2D eigenvalue weighted by Gasteiger charge is 2.14. The number of rotatable bonds is 0. The molecular formula is C17H9N3O. The summed E-state index contributed by atoms with van der Waals surface area (Å²) in [4.78, 5) is 11.9. The first kappa shape index (κ1) is 11.6. The average Bonchev–Trinajstić information content (AvgIpc) is 2.55. The van der Waals surface area contributed by atoms with Crippen molar-refractivity contribution in [2.75, 3.05) is 0 Å². The van der Waals surface area contributed by atoms with Crippen molar-refractivity contribution in [1.29, 1.82) is 5.26 Å².